The second-order valence-electron chi connectivity index (χ2n) is 3.71. The molecule has 0 aromatic rings. The van der Waals surface area contributed by atoms with E-state index in [9.17, 15) is 0 Å². The van der Waals surface area contributed by atoms with Gasteiger partial charge in [0.15, 0.2) is 0 Å². The number of hydrogen-bond acceptors (Lipinski definition) is 2. The van der Waals surface area contributed by atoms with Crippen molar-refractivity contribution in [3.8, 4) is 0 Å². The maximum absolute atomic E-state index is 2.57. The second kappa shape index (κ2) is 11.2. The number of nitrogens with zero attached hydrogens (tertiary/aromatic N) is 2. The van der Waals surface area contributed by atoms with Crippen molar-refractivity contribution in [1.82, 2.24) is 9.80 Å². The molecule has 0 saturated heterocycles. The monoisotopic (exact) mass is 322 g/mol. The number of hydrogen-bond donors (Lipinski definition) is 0. The molecule has 0 unspecified atom stereocenters. The molecule has 0 atom stereocenters. The molecule has 0 fully saturated rings. The van der Waals surface area contributed by atoms with Gasteiger partial charge in [0.2, 0.25) is 0 Å². The summed E-state index contributed by atoms with van der Waals surface area (Å²) >= 11 is 0. The summed E-state index contributed by atoms with van der Waals surface area (Å²) in [4.78, 5) is 5.13. The predicted octanol–water partition coefficient (Wildman–Crippen LogP) is 1.88. The minimum absolute atomic E-state index is 0. The van der Waals surface area contributed by atoms with Gasteiger partial charge in [-0.3, -0.25) is 9.80 Å². The molecule has 0 saturated carbocycles. The molecule has 3 heteroatoms. The van der Waals surface area contributed by atoms with Crippen molar-refractivity contribution in [2.45, 2.75) is 53.6 Å². The molecule has 0 aromatic heterocycles. The first-order valence-electron chi connectivity index (χ1n) is 6.23. The third kappa shape index (κ3) is 6.12. The van der Waals surface area contributed by atoms with Crippen LogP contribution in [0.2, 0.25) is 0 Å². The third-order valence-corrected chi connectivity index (χ3v) is 3.01. The van der Waals surface area contributed by atoms with Gasteiger partial charge in [-0.2, -0.15) is 0 Å². The van der Waals surface area contributed by atoms with Crippen LogP contribution in [0.5, 0.6) is 0 Å². The van der Waals surface area contributed by atoms with Crippen molar-refractivity contribution in [2.75, 3.05) is 26.2 Å². The van der Waals surface area contributed by atoms with Crippen molar-refractivity contribution in [1.29, 1.82) is 0 Å². The summed E-state index contributed by atoms with van der Waals surface area (Å²) in [7, 11) is 0. The van der Waals surface area contributed by atoms with Gasteiger partial charge in [-0.25, -0.2) is 0 Å². The zero-order valence-corrected chi connectivity index (χ0v) is 15.5. The molecule has 92 valence electrons. The molecule has 0 aromatic carbocycles. The van der Waals surface area contributed by atoms with E-state index >= 15 is 0 Å². The Morgan fingerprint density at radius 3 is 1.27 bits per heavy atom. The Kier molecular flexibility index (Phi) is 13.5. The van der Waals surface area contributed by atoms with Gasteiger partial charge in [0.1, 0.15) is 0 Å². The summed E-state index contributed by atoms with van der Waals surface area (Å²) in [6, 6.07) is 0. The summed E-state index contributed by atoms with van der Waals surface area (Å²) in [5, 5.41) is 0. The van der Waals surface area contributed by atoms with Crippen LogP contribution in [0, 0.1) is 0 Å². The van der Waals surface area contributed by atoms with E-state index in [2.05, 4.69) is 44.4 Å². The molecule has 0 aliphatic heterocycles. The van der Waals surface area contributed by atoms with Gasteiger partial charge in [0, 0.05) is 0 Å². The van der Waals surface area contributed by atoms with E-state index in [1.165, 1.54) is 12.8 Å². The van der Waals surface area contributed by atoms with Crippen LogP contribution in [0.3, 0.4) is 0 Å². The van der Waals surface area contributed by atoms with E-state index in [1.54, 1.807) is 0 Å². The maximum atomic E-state index is 2.57. The normalized spacial score (nSPS) is 11.2. The average molecular weight is 321 g/mol. The van der Waals surface area contributed by atoms with Crippen molar-refractivity contribution < 1.29 is 0 Å². The van der Waals surface area contributed by atoms with Crippen molar-refractivity contribution in [3.05, 3.63) is 0 Å². The van der Waals surface area contributed by atoms with Crippen LogP contribution in [0.15, 0.2) is 0 Å². The fraction of sp³-hybridized carbons (Fsp3) is 1.00. The van der Waals surface area contributed by atoms with Gasteiger partial charge in [-0.1, -0.05) is 41.0 Å². The number of rotatable bonds is 8. The minimum atomic E-state index is 0. The van der Waals surface area contributed by atoms with Crippen molar-refractivity contribution >= 4 is 23.9 Å². The van der Waals surface area contributed by atoms with Gasteiger partial charge >= 0.3 is 23.9 Å². The van der Waals surface area contributed by atoms with E-state index in [1.807, 2.05) is 0 Å². The van der Waals surface area contributed by atoms with Crippen molar-refractivity contribution in [3.63, 3.8) is 0 Å². The fourth-order valence-electron chi connectivity index (χ4n) is 2.14. The van der Waals surface area contributed by atoms with E-state index in [0.717, 1.165) is 26.2 Å². The third-order valence-electron chi connectivity index (χ3n) is 3.01. The first-order chi connectivity index (χ1) is 6.74. The fourth-order valence-corrected chi connectivity index (χ4v) is 2.14. The first-order valence-corrected chi connectivity index (χ1v) is 6.23. The molecule has 0 amide bonds. The summed E-state index contributed by atoms with van der Waals surface area (Å²) in [5.74, 6) is 0. The first kappa shape index (κ1) is 18.1. The summed E-state index contributed by atoms with van der Waals surface area (Å²) < 4.78 is 0. The Balaban J connectivity index is 0. The topological polar surface area (TPSA) is 6.48 Å². The van der Waals surface area contributed by atoms with E-state index in [4.69, 9.17) is 0 Å². The van der Waals surface area contributed by atoms with Crippen molar-refractivity contribution in [2.24, 2.45) is 0 Å². The molecular weight excluding hydrogens is 291 g/mol. The van der Waals surface area contributed by atoms with Gasteiger partial charge in [0.25, 0.3) is 0 Å². The zero-order valence-electron chi connectivity index (χ0n) is 11.4. The Labute approximate surface area is 113 Å². The van der Waals surface area contributed by atoms with Gasteiger partial charge < -0.3 is 0 Å². The van der Waals surface area contributed by atoms with Crippen LogP contribution in [0.1, 0.15) is 47.5 Å². The molecule has 0 heterocycles. The molecule has 2 nitrogen and oxygen atoms in total. The molecular formula is C12H30N2Sn. The zero-order chi connectivity index (χ0) is 11.0. The average Bonchev–Trinajstić information content (AvgIpc) is 2.21. The Morgan fingerprint density at radius 1 is 0.733 bits per heavy atom. The summed E-state index contributed by atoms with van der Waals surface area (Å²) in [6.45, 7) is 16.0. The molecule has 2 radical (unpaired) electrons. The van der Waals surface area contributed by atoms with Crippen LogP contribution < -0.4 is 0 Å². The van der Waals surface area contributed by atoms with Crippen LogP contribution in [-0.4, -0.2) is 66.1 Å². The van der Waals surface area contributed by atoms with Crippen LogP contribution in [0.4, 0.5) is 0 Å². The Hall–Kier alpha value is 0.719. The van der Waals surface area contributed by atoms with E-state index < -0.39 is 0 Å². The predicted molar refractivity (Wildman–Crippen MR) is 73.1 cm³/mol. The molecule has 0 bridgehead atoms. The van der Waals surface area contributed by atoms with Gasteiger partial charge in [-0.15, -0.1) is 0 Å². The quantitative estimate of drug-likeness (QED) is 0.498. The molecule has 0 spiro atoms. The molecule has 0 rings (SSSR count). The van der Waals surface area contributed by atoms with Gasteiger partial charge in [0.05, 0.1) is 6.17 Å². The van der Waals surface area contributed by atoms with E-state index in [-0.39, 0.29) is 23.9 Å². The SMILES string of the molecule is CCCC(N(CC)CC)N(CC)CC.[SnH2]. The van der Waals surface area contributed by atoms with Crippen LogP contribution >= 0.6 is 0 Å². The van der Waals surface area contributed by atoms with Crippen LogP contribution in [-0.2, 0) is 0 Å². The molecule has 0 aliphatic rings. The van der Waals surface area contributed by atoms with Crippen LogP contribution in [0.25, 0.3) is 0 Å². The standard InChI is InChI=1S/C12H28N2.Sn.2H/c1-6-11-12(13(7-2)8-3)14(9-4)10-5;;;/h12H,6-11H2,1-5H3;;;. The Morgan fingerprint density at radius 2 is 1.07 bits per heavy atom. The molecule has 0 N–H and O–H groups in total. The van der Waals surface area contributed by atoms with E-state index in [0.29, 0.717) is 6.17 Å². The molecule has 15 heavy (non-hydrogen) atoms. The summed E-state index contributed by atoms with van der Waals surface area (Å²) in [6.07, 6.45) is 3.23. The molecule has 0 aliphatic carbocycles. The Bertz CT molecular complexity index is 111. The summed E-state index contributed by atoms with van der Waals surface area (Å²) in [5.41, 5.74) is 0. The van der Waals surface area contributed by atoms with Gasteiger partial charge in [-0.05, 0) is 32.6 Å². The second-order valence-corrected chi connectivity index (χ2v) is 3.71.